The lowest BCUT2D eigenvalue weighted by Gasteiger charge is -2.36. The van der Waals surface area contributed by atoms with Crippen LogP contribution in [0.5, 0.6) is 5.75 Å². The van der Waals surface area contributed by atoms with E-state index >= 15 is 0 Å². The highest BCUT2D eigenvalue weighted by molar-refractivity contribution is 6.35. The minimum Gasteiger partial charge on any atom is -0.491 e. The van der Waals surface area contributed by atoms with Gasteiger partial charge in [0, 0.05) is 84.4 Å². The molecule has 2 saturated heterocycles. The van der Waals surface area contributed by atoms with Crippen LogP contribution in [0.15, 0.2) is 97.7 Å². The van der Waals surface area contributed by atoms with E-state index < -0.39 is 5.79 Å². The number of halogens is 4. The molecule has 0 amide bonds. The molecule has 2 fully saturated rings. The van der Waals surface area contributed by atoms with Crippen molar-refractivity contribution < 1.29 is 14.2 Å². The number of rotatable bonds is 10. The second kappa shape index (κ2) is 16.5. The lowest BCUT2D eigenvalue weighted by atomic mass is 10.1. The number of piperazine rings is 1. The number of hydrogen-bond donors (Lipinski definition) is 0. The van der Waals surface area contributed by atoms with E-state index in [-0.39, 0.29) is 30.9 Å². The fourth-order valence-corrected chi connectivity index (χ4v) is 6.65. The summed E-state index contributed by atoms with van der Waals surface area (Å²) in [6.45, 7) is 7.84. The summed E-state index contributed by atoms with van der Waals surface area (Å²) in [5, 5.41) is 1.03. The molecule has 2 unspecified atom stereocenters. The Morgan fingerprint density at radius 3 is 2.43 bits per heavy atom. The molecule has 2 aliphatic heterocycles. The summed E-state index contributed by atoms with van der Waals surface area (Å²) in [6, 6.07) is 23.7. The van der Waals surface area contributed by atoms with Crippen LogP contribution in [0.4, 0.5) is 5.69 Å². The average Bonchev–Trinajstić information content (AvgIpc) is 3.76. The topological polar surface area (TPSA) is 77.8 Å². The van der Waals surface area contributed by atoms with Crippen LogP contribution >= 0.6 is 48.0 Å². The van der Waals surface area contributed by atoms with Gasteiger partial charge in [-0.05, 0) is 43.3 Å². The van der Waals surface area contributed by atoms with E-state index in [0.717, 1.165) is 55.6 Å². The minimum atomic E-state index is -1.08. The highest BCUT2D eigenvalue weighted by Crippen LogP contribution is 2.40. The molecular formula is C36H38Cl4N6O3. The molecule has 5 aromatic rings. The van der Waals surface area contributed by atoms with Crippen LogP contribution in [0.1, 0.15) is 16.8 Å². The number of ether oxygens (including phenoxy) is 3. The van der Waals surface area contributed by atoms with E-state index in [1.807, 2.05) is 65.5 Å². The maximum Gasteiger partial charge on any atom is 0.215 e. The van der Waals surface area contributed by atoms with Gasteiger partial charge in [-0.3, -0.25) is 4.90 Å². The molecule has 4 heterocycles. The Morgan fingerprint density at radius 1 is 0.959 bits per heavy atom. The maximum absolute atomic E-state index is 6.60. The van der Waals surface area contributed by atoms with Crippen molar-refractivity contribution in [3.8, 4) is 17.1 Å². The molecule has 0 spiro atoms. The van der Waals surface area contributed by atoms with Gasteiger partial charge in [-0.1, -0.05) is 59.6 Å². The van der Waals surface area contributed by atoms with Crippen molar-refractivity contribution in [2.75, 3.05) is 44.3 Å². The van der Waals surface area contributed by atoms with Crippen molar-refractivity contribution in [3.63, 3.8) is 0 Å². The zero-order valence-electron chi connectivity index (χ0n) is 27.0. The first-order valence-corrected chi connectivity index (χ1v) is 16.5. The summed E-state index contributed by atoms with van der Waals surface area (Å²) in [4.78, 5) is 18.5. The van der Waals surface area contributed by atoms with Crippen LogP contribution in [-0.4, -0.2) is 69.9 Å². The molecule has 13 heteroatoms. The lowest BCUT2D eigenvalue weighted by Crippen LogP contribution is -2.46. The van der Waals surface area contributed by atoms with Crippen molar-refractivity contribution in [2.45, 2.75) is 31.9 Å². The minimum absolute atomic E-state index is 0. The summed E-state index contributed by atoms with van der Waals surface area (Å²) in [6.07, 6.45) is 7.00. The number of benzene rings is 3. The van der Waals surface area contributed by atoms with E-state index in [4.69, 9.17) is 42.4 Å². The first-order valence-electron chi connectivity index (χ1n) is 15.8. The molecule has 258 valence electrons. The van der Waals surface area contributed by atoms with Crippen LogP contribution in [-0.2, 0) is 28.4 Å². The Hall–Kier alpha value is -3.41. The van der Waals surface area contributed by atoms with Crippen molar-refractivity contribution in [3.05, 3.63) is 125 Å². The van der Waals surface area contributed by atoms with Gasteiger partial charge in [-0.25, -0.2) is 15.0 Å². The number of anilines is 1. The monoisotopic (exact) mass is 742 g/mol. The Morgan fingerprint density at radius 2 is 1.73 bits per heavy atom. The van der Waals surface area contributed by atoms with Crippen molar-refractivity contribution >= 4 is 53.7 Å². The standard InChI is InChI=1S/C36H36Cl2N6O3.2ClH/c1-26-28(20-40-35(41-26)27-5-3-2-4-6-27)21-42-15-17-44(18-16-42)30-8-10-31(11-9-30)45-22-32-23-46-36(47-32,24-43-14-13-39-25-43)33-12-7-29(37)19-34(33)38;;/h2-14,19-20,25,32H,15-18,21-24H2,1H3;2*1H. The molecule has 2 atom stereocenters. The van der Waals surface area contributed by atoms with Gasteiger partial charge in [0.25, 0.3) is 0 Å². The van der Waals surface area contributed by atoms with E-state index in [0.29, 0.717) is 35.4 Å². The molecular weight excluding hydrogens is 706 g/mol. The van der Waals surface area contributed by atoms with Crippen molar-refractivity contribution in [1.29, 1.82) is 0 Å². The third-order valence-electron chi connectivity index (χ3n) is 8.67. The molecule has 0 radical (unpaired) electrons. The molecule has 0 bridgehead atoms. The van der Waals surface area contributed by atoms with Gasteiger partial charge >= 0.3 is 0 Å². The van der Waals surface area contributed by atoms with Gasteiger partial charge < -0.3 is 23.7 Å². The summed E-state index contributed by atoms with van der Waals surface area (Å²) >= 11 is 12.8. The molecule has 0 saturated carbocycles. The Kier molecular flexibility index (Phi) is 12.4. The summed E-state index contributed by atoms with van der Waals surface area (Å²) in [5.74, 6) is 0.469. The summed E-state index contributed by atoms with van der Waals surface area (Å²) < 4.78 is 20.9. The fraction of sp³-hybridized carbons (Fsp3) is 0.306. The Bertz CT molecular complexity index is 1790. The predicted octanol–water partition coefficient (Wildman–Crippen LogP) is 7.47. The molecule has 2 aromatic heterocycles. The first kappa shape index (κ1) is 36.9. The van der Waals surface area contributed by atoms with Crippen LogP contribution < -0.4 is 9.64 Å². The smallest absolute Gasteiger partial charge is 0.215 e. The van der Waals surface area contributed by atoms with E-state index in [1.54, 1.807) is 24.7 Å². The van der Waals surface area contributed by atoms with Gasteiger partial charge in [0.1, 0.15) is 18.5 Å². The average molecular weight is 745 g/mol. The zero-order valence-corrected chi connectivity index (χ0v) is 30.1. The largest absolute Gasteiger partial charge is 0.491 e. The lowest BCUT2D eigenvalue weighted by molar-refractivity contribution is -0.189. The molecule has 0 N–H and O–H groups in total. The highest BCUT2D eigenvalue weighted by Gasteiger charge is 2.45. The molecule has 3 aromatic carbocycles. The number of nitrogens with zero attached hydrogens (tertiary/aromatic N) is 6. The number of aryl methyl sites for hydroxylation is 1. The van der Waals surface area contributed by atoms with Crippen molar-refractivity contribution in [1.82, 2.24) is 24.4 Å². The number of hydrogen-bond acceptors (Lipinski definition) is 8. The third-order valence-corrected chi connectivity index (χ3v) is 9.22. The Balaban J connectivity index is 0.00000234. The van der Waals surface area contributed by atoms with Gasteiger partial charge in [0.05, 0.1) is 24.5 Å². The molecule has 7 rings (SSSR count). The normalized spacial score (nSPS) is 19.2. The third kappa shape index (κ3) is 8.67. The summed E-state index contributed by atoms with van der Waals surface area (Å²) in [5.41, 5.74) is 5.14. The maximum atomic E-state index is 6.60. The first-order chi connectivity index (χ1) is 22.9. The molecule has 2 aliphatic rings. The van der Waals surface area contributed by atoms with Crippen LogP contribution in [0.3, 0.4) is 0 Å². The van der Waals surface area contributed by atoms with Gasteiger partial charge in [0.15, 0.2) is 5.82 Å². The van der Waals surface area contributed by atoms with Crippen LogP contribution in [0.25, 0.3) is 11.4 Å². The number of aromatic nitrogens is 4. The molecule has 9 nitrogen and oxygen atoms in total. The molecule has 49 heavy (non-hydrogen) atoms. The van der Waals surface area contributed by atoms with E-state index in [2.05, 4.69) is 38.8 Å². The zero-order chi connectivity index (χ0) is 32.2. The van der Waals surface area contributed by atoms with E-state index in [1.165, 1.54) is 11.3 Å². The van der Waals surface area contributed by atoms with Gasteiger partial charge in [0.2, 0.25) is 5.79 Å². The fourth-order valence-electron chi connectivity index (χ4n) is 6.10. The molecule has 0 aliphatic carbocycles. The van der Waals surface area contributed by atoms with Gasteiger partial charge in [-0.15, -0.1) is 24.8 Å². The van der Waals surface area contributed by atoms with Gasteiger partial charge in [-0.2, -0.15) is 0 Å². The van der Waals surface area contributed by atoms with Crippen LogP contribution in [0.2, 0.25) is 10.0 Å². The van der Waals surface area contributed by atoms with E-state index in [9.17, 15) is 0 Å². The van der Waals surface area contributed by atoms with Crippen LogP contribution in [0, 0.1) is 6.92 Å². The SMILES string of the molecule is Cc1nc(-c2ccccc2)ncc1CN1CCN(c2ccc(OCC3COC(Cn4ccnc4)(c4ccc(Cl)cc4Cl)O3)cc2)CC1.Cl.Cl. The second-order valence-corrected chi connectivity index (χ2v) is 12.7. The summed E-state index contributed by atoms with van der Waals surface area (Å²) in [7, 11) is 0. The quantitative estimate of drug-likeness (QED) is 0.146. The predicted molar refractivity (Wildman–Crippen MR) is 197 cm³/mol. The Labute approximate surface area is 309 Å². The van der Waals surface area contributed by atoms with Crippen molar-refractivity contribution in [2.24, 2.45) is 0 Å². The second-order valence-electron chi connectivity index (χ2n) is 11.9. The number of imidazole rings is 1. The highest BCUT2D eigenvalue weighted by atomic mass is 35.5.